The molecule has 0 spiro atoms. The van der Waals surface area contributed by atoms with Crippen LogP contribution in [-0.2, 0) is 0 Å². The highest BCUT2D eigenvalue weighted by Crippen LogP contribution is 2.35. The number of para-hydroxylation sites is 1. The van der Waals surface area contributed by atoms with Gasteiger partial charge in [-0.2, -0.15) is 0 Å². The molecule has 230 valence electrons. The summed E-state index contributed by atoms with van der Waals surface area (Å²) in [5.41, 5.74) is 6.76. The first-order valence-corrected chi connectivity index (χ1v) is 15.9. The van der Waals surface area contributed by atoms with Gasteiger partial charge >= 0.3 is 0 Å². The molecule has 0 aliphatic carbocycles. The SMILES string of the molecule is C=C(C)c1ccccc1N(C)c1cc(Nc2ccc(C(=O)N3CCC(N4CCCC4)CC3)cc2OCC)ncc1C.CC. The number of ether oxygens (including phenoxy) is 1. The standard InChI is InChI=1S/C34H43N5O2.C2H6/c1-6-41-32-21-26(34(40)39-19-15-27(16-20-39)38-17-9-10-18-38)13-14-29(32)36-33-22-31(25(4)23-35-33)37(5)30-12-8-7-11-28(30)24(2)3;1-2/h7-8,11-14,21-23,27H,2,6,9-10,15-20H2,1,3-5H3,(H,35,36);1-2H3. The quantitative estimate of drug-likeness (QED) is 0.275. The lowest BCUT2D eigenvalue weighted by Crippen LogP contribution is -2.45. The van der Waals surface area contributed by atoms with Crippen LogP contribution < -0.4 is 15.0 Å². The predicted molar refractivity (Wildman–Crippen MR) is 180 cm³/mol. The summed E-state index contributed by atoms with van der Waals surface area (Å²) < 4.78 is 6.00. The molecule has 2 fully saturated rings. The minimum atomic E-state index is 0.0749. The molecule has 1 amide bonds. The highest BCUT2D eigenvalue weighted by Gasteiger charge is 2.29. The van der Waals surface area contributed by atoms with Crippen molar-refractivity contribution in [2.24, 2.45) is 0 Å². The van der Waals surface area contributed by atoms with Crippen molar-refractivity contribution in [3.05, 3.63) is 78.0 Å². The van der Waals surface area contributed by atoms with Crippen molar-refractivity contribution >= 4 is 34.4 Å². The van der Waals surface area contributed by atoms with Crippen molar-refractivity contribution in [1.29, 1.82) is 0 Å². The van der Waals surface area contributed by atoms with Crippen LogP contribution in [0.1, 0.15) is 74.9 Å². The molecule has 7 heteroatoms. The van der Waals surface area contributed by atoms with Gasteiger partial charge in [0.25, 0.3) is 5.91 Å². The maximum Gasteiger partial charge on any atom is 0.253 e. The maximum atomic E-state index is 13.4. The van der Waals surface area contributed by atoms with Gasteiger partial charge in [0.05, 0.1) is 12.3 Å². The summed E-state index contributed by atoms with van der Waals surface area (Å²) in [6.45, 7) is 18.7. The number of nitrogens with one attached hydrogen (secondary N) is 1. The lowest BCUT2D eigenvalue weighted by atomic mass is 10.0. The number of benzene rings is 2. The number of hydrogen-bond donors (Lipinski definition) is 1. The van der Waals surface area contributed by atoms with Crippen LogP contribution in [0.25, 0.3) is 5.57 Å². The first kappa shape index (κ1) is 32.1. The fourth-order valence-corrected chi connectivity index (χ4v) is 6.09. The molecule has 2 aromatic carbocycles. The molecule has 7 nitrogen and oxygen atoms in total. The number of allylic oxidation sites excluding steroid dienone is 1. The van der Waals surface area contributed by atoms with Crippen molar-refractivity contribution in [2.45, 2.75) is 66.3 Å². The smallest absolute Gasteiger partial charge is 0.253 e. The van der Waals surface area contributed by atoms with Crippen LogP contribution in [0.2, 0.25) is 0 Å². The van der Waals surface area contributed by atoms with E-state index in [9.17, 15) is 4.79 Å². The van der Waals surface area contributed by atoms with Crippen LogP contribution in [-0.4, -0.2) is 66.6 Å². The van der Waals surface area contributed by atoms with Crippen LogP contribution in [0.5, 0.6) is 5.75 Å². The molecule has 0 atom stereocenters. The lowest BCUT2D eigenvalue weighted by Gasteiger charge is -2.36. The van der Waals surface area contributed by atoms with Gasteiger partial charge in [0.1, 0.15) is 11.6 Å². The van der Waals surface area contributed by atoms with Gasteiger partial charge in [-0.25, -0.2) is 4.98 Å². The number of anilines is 4. The third-order valence-corrected chi connectivity index (χ3v) is 8.36. The van der Waals surface area contributed by atoms with E-state index in [0.717, 1.165) is 59.7 Å². The zero-order valence-electron chi connectivity index (χ0n) is 26.9. The Labute approximate surface area is 258 Å². The Morgan fingerprint density at radius 2 is 1.74 bits per heavy atom. The number of rotatable bonds is 9. The Morgan fingerprint density at radius 1 is 1.05 bits per heavy atom. The number of piperidine rings is 1. The Morgan fingerprint density at radius 3 is 2.42 bits per heavy atom. The average molecular weight is 584 g/mol. The van der Waals surface area contributed by atoms with Crippen molar-refractivity contribution < 1.29 is 9.53 Å². The monoisotopic (exact) mass is 583 g/mol. The van der Waals surface area contributed by atoms with Crippen LogP contribution in [0, 0.1) is 6.92 Å². The number of likely N-dealkylation sites (tertiary alicyclic amines) is 2. The van der Waals surface area contributed by atoms with Gasteiger partial charge < -0.3 is 24.8 Å². The van der Waals surface area contributed by atoms with Gasteiger partial charge in [0.15, 0.2) is 0 Å². The molecule has 3 heterocycles. The summed E-state index contributed by atoms with van der Waals surface area (Å²) in [6.07, 6.45) is 6.59. The topological polar surface area (TPSA) is 60.9 Å². The molecule has 5 rings (SSSR count). The van der Waals surface area contributed by atoms with Gasteiger partial charge in [-0.3, -0.25) is 4.79 Å². The first-order valence-electron chi connectivity index (χ1n) is 15.9. The molecule has 2 aliphatic heterocycles. The van der Waals surface area contributed by atoms with E-state index in [-0.39, 0.29) is 5.91 Å². The zero-order chi connectivity index (χ0) is 30.9. The van der Waals surface area contributed by atoms with Crippen molar-refractivity contribution in [2.75, 3.05) is 50.1 Å². The lowest BCUT2D eigenvalue weighted by molar-refractivity contribution is 0.0644. The molecule has 2 saturated heterocycles. The molecule has 3 aromatic rings. The fraction of sp³-hybridized carbons (Fsp3) is 0.444. The molecule has 43 heavy (non-hydrogen) atoms. The molecular weight excluding hydrogens is 534 g/mol. The van der Waals surface area contributed by atoms with E-state index < -0.39 is 0 Å². The molecule has 0 bridgehead atoms. The summed E-state index contributed by atoms with van der Waals surface area (Å²) in [5.74, 6) is 1.43. The summed E-state index contributed by atoms with van der Waals surface area (Å²) in [5, 5.41) is 3.44. The minimum absolute atomic E-state index is 0.0749. The largest absolute Gasteiger partial charge is 0.492 e. The Balaban J connectivity index is 0.00000207. The number of hydrogen-bond acceptors (Lipinski definition) is 6. The second-order valence-electron chi connectivity index (χ2n) is 11.2. The minimum Gasteiger partial charge on any atom is -0.492 e. The fourth-order valence-electron chi connectivity index (χ4n) is 6.09. The summed E-state index contributed by atoms with van der Waals surface area (Å²) >= 11 is 0. The number of aromatic nitrogens is 1. The van der Waals surface area contributed by atoms with E-state index in [1.165, 1.54) is 25.9 Å². The molecule has 0 saturated carbocycles. The van der Waals surface area contributed by atoms with E-state index >= 15 is 0 Å². The van der Waals surface area contributed by atoms with E-state index in [2.05, 4.69) is 52.8 Å². The highest BCUT2D eigenvalue weighted by atomic mass is 16.5. The maximum absolute atomic E-state index is 13.4. The number of carbonyl (C=O) groups excluding carboxylic acids is 1. The predicted octanol–water partition coefficient (Wildman–Crippen LogP) is 8.06. The van der Waals surface area contributed by atoms with Gasteiger partial charge in [0.2, 0.25) is 0 Å². The Kier molecular flexibility index (Phi) is 11.2. The van der Waals surface area contributed by atoms with Gasteiger partial charge in [-0.05, 0) is 94.9 Å². The van der Waals surface area contributed by atoms with Crippen molar-refractivity contribution in [3.8, 4) is 5.75 Å². The Hall–Kier alpha value is -3.84. The Bertz CT molecular complexity index is 1390. The third kappa shape index (κ3) is 7.57. The van der Waals surface area contributed by atoms with Crippen LogP contribution in [0.4, 0.5) is 22.9 Å². The van der Waals surface area contributed by atoms with E-state index in [1.54, 1.807) is 0 Å². The highest BCUT2D eigenvalue weighted by molar-refractivity contribution is 5.95. The van der Waals surface area contributed by atoms with Crippen LogP contribution >= 0.6 is 0 Å². The molecule has 0 radical (unpaired) electrons. The van der Waals surface area contributed by atoms with Crippen molar-refractivity contribution in [3.63, 3.8) is 0 Å². The number of aryl methyl sites for hydroxylation is 1. The number of pyridine rings is 1. The summed E-state index contributed by atoms with van der Waals surface area (Å²) in [7, 11) is 2.06. The third-order valence-electron chi connectivity index (χ3n) is 8.36. The van der Waals surface area contributed by atoms with Crippen molar-refractivity contribution in [1.82, 2.24) is 14.8 Å². The summed E-state index contributed by atoms with van der Waals surface area (Å²) in [4.78, 5) is 24.9. The van der Waals surface area contributed by atoms with Gasteiger partial charge in [0, 0.05) is 60.9 Å². The van der Waals surface area contributed by atoms with Gasteiger partial charge in [-0.15, -0.1) is 0 Å². The zero-order valence-corrected chi connectivity index (χ0v) is 26.9. The van der Waals surface area contributed by atoms with E-state index in [0.29, 0.717) is 29.8 Å². The number of carbonyl (C=O) groups is 1. The number of amides is 1. The van der Waals surface area contributed by atoms with E-state index in [1.807, 2.05) is 75.2 Å². The van der Waals surface area contributed by atoms with Gasteiger partial charge in [-0.1, -0.05) is 38.6 Å². The second-order valence-corrected chi connectivity index (χ2v) is 11.2. The molecule has 1 aromatic heterocycles. The first-order chi connectivity index (χ1) is 20.9. The molecule has 1 N–H and O–H groups in total. The van der Waals surface area contributed by atoms with E-state index in [4.69, 9.17) is 4.74 Å². The number of nitrogens with zero attached hydrogens (tertiary/aromatic N) is 4. The molecule has 2 aliphatic rings. The summed E-state index contributed by atoms with van der Waals surface area (Å²) in [6, 6.07) is 16.6. The van der Waals surface area contributed by atoms with Crippen LogP contribution in [0.15, 0.2) is 61.3 Å². The average Bonchev–Trinajstić information content (AvgIpc) is 3.58. The second kappa shape index (κ2) is 15.1. The van der Waals surface area contributed by atoms with Crippen LogP contribution in [0.3, 0.4) is 0 Å². The molecule has 0 unspecified atom stereocenters. The molecular formula is C36H49N5O2. The normalized spacial score (nSPS) is 15.4.